The number of amides is 1. The second kappa shape index (κ2) is 5.77. The number of aromatic nitrogens is 1. The number of rotatable bonds is 6. The Labute approximate surface area is 118 Å². The molecule has 0 unspecified atom stereocenters. The Morgan fingerprint density at radius 3 is 2.63 bits per heavy atom. The second-order valence-electron chi connectivity index (χ2n) is 5.30. The summed E-state index contributed by atoms with van der Waals surface area (Å²) in [6.45, 7) is 3.75. The average molecular weight is 282 g/mol. The van der Waals surface area contributed by atoms with Gasteiger partial charge in [0.1, 0.15) is 10.7 Å². The summed E-state index contributed by atoms with van der Waals surface area (Å²) in [4.78, 5) is 21.2. The van der Waals surface area contributed by atoms with Crippen molar-refractivity contribution in [3.05, 3.63) is 4.88 Å². The molecule has 0 radical (unpaired) electrons. The Morgan fingerprint density at radius 2 is 2.16 bits per heavy atom. The number of hydrogen-bond donors (Lipinski definition) is 1. The molecule has 2 N–H and O–H groups in total. The number of hydrogen-bond acceptors (Lipinski definition) is 5. The van der Waals surface area contributed by atoms with Crippen LogP contribution < -0.4 is 10.6 Å². The molecule has 0 aromatic carbocycles. The van der Waals surface area contributed by atoms with Crippen molar-refractivity contribution in [3.63, 3.8) is 0 Å². The highest BCUT2D eigenvalue weighted by Gasteiger charge is 2.29. The summed E-state index contributed by atoms with van der Waals surface area (Å²) in [7, 11) is 3.81. The Kier molecular flexibility index (Phi) is 4.29. The number of carbonyl (C=O) groups is 1. The van der Waals surface area contributed by atoms with Crippen molar-refractivity contribution in [3.8, 4) is 0 Å². The van der Waals surface area contributed by atoms with Gasteiger partial charge in [-0.05, 0) is 25.2 Å². The predicted molar refractivity (Wildman–Crippen MR) is 79.8 cm³/mol. The zero-order valence-electron chi connectivity index (χ0n) is 11.8. The zero-order chi connectivity index (χ0) is 14.0. The van der Waals surface area contributed by atoms with Crippen LogP contribution in [0.25, 0.3) is 0 Å². The lowest BCUT2D eigenvalue weighted by molar-refractivity contribution is 0.0753. The van der Waals surface area contributed by atoms with Crippen LogP contribution in [0.3, 0.4) is 0 Å². The van der Waals surface area contributed by atoms with E-state index in [0.29, 0.717) is 16.6 Å². The molecule has 1 aliphatic rings. The molecule has 1 aliphatic carbocycles. The summed E-state index contributed by atoms with van der Waals surface area (Å²) in [6, 6.07) is 0. The van der Waals surface area contributed by atoms with Crippen LogP contribution in [0.4, 0.5) is 10.9 Å². The summed E-state index contributed by atoms with van der Waals surface area (Å²) >= 11 is 1.38. The lowest BCUT2D eigenvalue weighted by atomic mass is 10.3. The van der Waals surface area contributed by atoms with E-state index < -0.39 is 0 Å². The standard InChI is InChI=1S/C13H22N4OS/c1-4-7-17(8-9-5-6-9)12(18)10-11(14)15-13(19-10)16(2)3/h9H,4-8,14H2,1-3H3. The minimum atomic E-state index is 0.0388. The molecule has 1 amide bonds. The minimum Gasteiger partial charge on any atom is -0.382 e. The zero-order valence-corrected chi connectivity index (χ0v) is 12.7. The van der Waals surface area contributed by atoms with Crippen LogP contribution in [-0.4, -0.2) is 43.0 Å². The molecule has 0 aliphatic heterocycles. The molecule has 1 saturated carbocycles. The van der Waals surface area contributed by atoms with Crippen molar-refractivity contribution in [1.82, 2.24) is 9.88 Å². The maximum Gasteiger partial charge on any atom is 0.267 e. The van der Waals surface area contributed by atoms with Crippen molar-refractivity contribution in [1.29, 1.82) is 0 Å². The molecule has 19 heavy (non-hydrogen) atoms. The van der Waals surface area contributed by atoms with Gasteiger partial charge >= 0.3 is 0 Å². The Balaban J connectivity index is 2.15. The number of nitrogens with zero attached hydrogens (tertiary/aromatic N) is 3. The van der Waals surface area contributed by atoms with Gasteiger partial charge in [0.2, 0.25) is 0 Å². The Bertz CT molecular complexity index is 453. The largest absolute Gasteiger partial charge is 0.382 e. The van der Waals surface area contributed by atoms with Crippen LogP contribution in [0.5, 0.6) is 0 Å². The molecule has 0 spiro atoms. The molecule has 0 bridgehead atoms. The summed E-state index contributed by atoms with van der Waals surface area (Å²) in [5, 5.41) is 0.781. The molecule has 1 aromatic heterocycles. The molecule has 1 fully saturated rings. The summed E-state index contributed by atoms with van der Waals surface area (Å²) in [5.41, 5.74) is 5.89. The number of anilines is 2. The molecule has 6 heteroatoms. The van der Waals surface area contributed by atoms with Gasteiger partial charge in [0, 0.05) is 27.2 Å². The lowest BCUT2D eigenvalue weighted by Crippen LogP contribution is -2.33. The van der Waals surface area contributed by atoms with E-state index in [1.807, 2.05) is 23.9 Å². The molecular weight excluding hydrogens is 260 g/mol. The van der Waals surface area contributed by atoms with Gasteiger partial charge < -0.3 is 15.5 Å². The van der Waals surface area contributed by atoms with Crippen molar-refractivity contribution >= 4 is 28.2 Å². The smallest absolute Gasteiger partial charge is 0.267 e. The topological polar surface area (TPSA) is 62.5 Å². The quantitative estimate of drug-likeness (QED) is 0.867. The summed E-state index contributed by atoms with van der Waals surface area (Å²) in [5.74, 6) is 1.09. The third-order valence-corrected chi connectivity index (χ3v) is 4.40. The number of nitrogen functional groups attached to an aromatic ring is 1. The predicted octanol–water partition coefficient (Wildman–Crippen LogP) is 2.05. The van der Waals surface area contributed by atoms with Crippen molar-refractivity contribution in [2.75, 3.05) is 37.8 Å². The van der Waals surface area contributed by atoms with Gasteiger partial charge in [0.15, 0.2) is 5.13 Å². The first-order valence-corrected chi connectivity index (χ1v) is 7.57. The van der Waals surface area contributed by atoms with Gasteiger partial charge in [-0.25, -0.2) is 4.98 Å². The van der Waals surface area contributed by atoms with E-state index in [1.54, 1.807) is 0 Å². The fourth-order valence-electron chi connectivity index (χ4n) is 1.97. The fraction of sp³-hybridized carbons (Fsp3) is 0.692. The minimum absolute atomic E-state index is 0.0388. The van der Waals surface area contributed by atoms with Gasteiger partial charge in [-0.3, -0.25) is 4.79 Å². The SMILES string of the molecule is CCCN(CC1CC1)C(=O)c1sc(N(C)C)nc1N. The fourth-order valence-corrected chi connectivity index (χ4v) is 2.84. The molecule has 0 saturated heterocycles. The highest BCUT2D eigenvalue weighted by molar-refractivity contribution is 7.18. The highest BCUT2D eigenvalue weighted by Crippen LogP contribution is 2.32. The van der Waals surface area contributed by atoms with Crippen LogP contribution in [0, 0.1) is 5.92 Å². The first kappa shape index (κ1) is 14.1. The molecule has 0 atom stereocenters. The van der Waals surface area contributed by atoms with Crippen molar-refractivity contribution in [2.45, 2.75) is 26.2 Å². The van der Waals surface area contributed by atoms with Crippen LogP contribution >= 0.6 is 11.3 Å². The van der Waals surface area contributed by atoms with Gasteiger partial charge in [0.05, 0.1) is 0 Å². The molecule has 1 heterocycles. The maximum absolute atomic E-state index is 12.6. The highest BCUT2D eigenvalue weighted by atomic mass is 32.1. The van der Waals surface area contributed by atoms with E-state index in [9.17, 15) is 4.79 Å². The van der Waals surface area contributed by atoms with Crippen molar-refractivity contribution in [2.24, 2.45) is 5.92 Å². The normalized spacial score (nSPS) is 14.5. The summed E-state index contributed by atoms with van der Waals surface area (Å²) in [6.07, 6.45) is 3.46. The molecule has 1 aromatic rings. The lowest BCUT2D eigenvalue weighted by Gasteiger charge is -2.21. The third-order valence-electron chi connectivity index (χ3n) is 3.18. The van der Waals surface area contributed by atoms with E-state index in [0.717, 1.165) is 24.6 Å². The molecule has 106 valence electrons. The van der Waals surface area contributed by atoms with Crippen LogP contribution in [-0.2, 0) is 0 Å². The number of carbonyl (C=O) groups excluding carboxylic acids is 1. The van der Waals surface area contributed by atoms with Crippen LogP contribution in [0.15, 0.2) is 0 Å². The second-order valence-corrected chi connectivity index (χ2v) is 6.28. The monoisotopic (exact) mass is 282 g/mol. The van der Waals surface area contributed by atoms with Crippen LogP contribution in [0.2, 0.25) is 0 Å². The number of thiazole rings is 1. The van der Waals surface area contributed by atoms with E-state index in [4.69, 9.17) is 5.73 Å². The Morgan fingerprint density at radius 1 is 1.47 bits per heavy atom. The van der Waals surface area contributed by atoms with Gasteiger partial charge in [-0.15, -0.1) is 0 Å². The molecule has 5 nitrogen and oxygen atoms in total. The van der Waals surface area contributed by atoms with Gasteiger partial charge in [0.25, 0.3) is 5.91 Å². The third kappa shape index (κ3) is 3.37. The van der Waals surface area contributed by atoms with Gasteiger partial charge in [-0.1, -0.05) is 18.3 Å². The average Bonchev–Trinajstić information content (AvgIpc) is 3.08. The van der Waals surface area contributed by atoms with E-state index in [1.165, 1.54) is 24.2 Å². The van der Waals surface area contributed by atoms with Gasteiger partial charge in [-0.2, -0.15) is 0 Å². The van der Waals surface area contributed by atoms with E-state index in [2.05, 4.69) is 11.9 Å². The molecule has 2 rings (SSSR count). The maximum atomic E-state index is 12.6. The summed E-state index contributed by atoms with van der Waals surface area (Å²) < 4.78 is 0. The van der Waals surface area contributed by atoms with Crippen molar-refractivity contribution < 1.29 is 4.79 Å². The molecular formula is C13H22N4OS. The van der Waals surface area contributed by atoms with Crippen LogP contribution in [0.1, 0.15) is 35.9 Å². The Hall–Kier alpha value is -1.30. The first-order valence-electron chi connectivity index (χ1n) is 6.75. The van der Waals surface area contributed by atoms with E-state index >= 15 is 0 Å². The van der Waals surface area contributed by atoms with E-state index in [-0.39, 0.29) is 5.91 Å². The first-order chi connectivity index (χ1) is 9.02. The number of nitrogens with two attached hydrogens (primary N) is 1.